The molecule has 0 fully saturated rings. The average Bonchev–Trinajstić information content (AvgIpc) is 3.43. The second-order valence-corrected chi connectivity index (χ2v) is 7.87. The first-order valence-corrected chi connectivity index (χ1v) is 11.3. The molecule has 164 valence electrons. The molecule has 0 aliphatic heterocycles. The smallest absolute Gasteiger partial charge is 0.195 e. The number of ether oxygens (including phenoxy) is 1. The van der Waals surface area contributed by atoms with Crippen molar-refractivity contribution in [1.29, 1.82) is 0 Å². The molecule has 0 aliphatic rings. The second kappa shape index (κ2) is 12.7. The molecule has 1 aromatic heterocycles. The summed E-state index contributed by atoms with van der Waals surface area (Å²) in [5.41, 5.74) is 2.73. The molecule has 0 saturated carbocycles. The molecule has 0 N–H and O–H groups in total. The van der Waals surface area contributed by atoms with Gasteiger partial charge in [-0.3, -0.25) is 9.59 Å². The van der Waals surface area contributed by atoms with Crippen LogP contribution >= 0.6 is 11.3 Å². The second-order valence-electron chi connectivity index (χ2n) is 6.92. The van der Waals surface area contributed by atoms with E-state index in [-0.39, 0.29) is 11.6 Å². The molecule has 0 aliphatic carbocycles. The highest BCUT2D eigenvalue weighted by atomic mass is 32.1. The van der Waals surface area contributed by atoms with E-state index in [9.17, 15) is 9.59 Å². The number of thiophene rings is 1. The lowest BCUT2D eigenvalue weighted by molar-refractivity contribution is 0.104. The molecule has 3 aromatic carbocycles. The van der Waals surface area contributed by atoms with Gasteiger partial charge < -0.3 is 4.74 Å². The van der Waals surface area contributed by atoms with Crippen LogP contribution in [0.3, 0.4) is 0 Å². The lowest BCUT2D eigenvalue weighted by Gasteiger charge is -1.98. The van der Waals surface area contributed by atoms with Crippen LogP contribution in [-0.4, -0.2) is 18.7 Å². The SMILES string of the molecule is COc1ccc(/C=C/C(=O)c2cccs2)cc1.O=C(C=Cc1ccccc1)c1ccccc1. The summed E-state index contributed by atoms with van der Waals surface area (Å²) in [6.45, 7) is 0. The van der Waals surface area contributed by atoms with Gasteiger partial charge in [-0.2, -0.15) is 0 Å². The number of allylic oxidation sites excluding steroid dienone is 2. The molecule has 4 heteroatoms. The highest BCUT2D eigenvalue weighted by Gasteiger charge is 2.01. The van der Waals surface area contributed by atoms with Gasteiger partial charge in [-0.05, 0) is 46.9 Å². The van der Waals surface area contributed by atoms with Gasteiger partial charge in [-0.15, -0.1) is 11.3 Å². The first-order chi connectivity index (χ1) is 16.2. The normalized spacial score (nSPS) is 10.6. The maximum Gasteiger partial charge on any atom is 0.195 e. The Balaban J connectivity index is 0.000000186. The molecule has 0 radical (unpaired) electrons. The largest absolute Gasteiger partial charge is 0.497 e. The zero-order valence-corrected chi connectivity index (χ0v) is 19.1. The fourth-order valence-corrected chi connectivity index (χ4v) is 3.47. The summed E-state index contributed by atoms with van der Waals surface area (Å²) in [4.78, 5) is 24.2. The summed E-state index contributed by atoms with van der Waals surface area (Å²) in [5.74, 6) is 0.881. The molecule has 0 saturated heterocycles. The van der Waals surface area contributed by atoms with E-state index in [2.05, 4.69) is 0 Å². The van der Waals surface area contributed by atoms with E-state index in [1.165, 1.54) is 11.3 Å². The van der Waals surface area contributed by atoms with Gasteiger partial charge in [-0.1, -0.05) is 91.0 Å². The Bertz CT molecular complexity index is 1190. The monoisotopic (exact) mass is 452 g/mol. The Morgan fingerprint density at radius 2 is 1.24 bits per heavy atom. The number of methoxy groups -OCH3 is 1. The molecule has 0 spiro atoms. The lowest BCUT2D eigenvalue weighted by atomic mass is 10.1. The van der Waals surface area contributed by atoms with E-state index in [0.717, 1.165) is 27.3 Å². The number of carbonyl (C=O) groups excluding carboxylic acids is 2. The number of ketones is 2. The van der Waals surface area contributed by atoms with Gasteiger partial charge in [-0.25, -0.2) is 0 Å². The number of rotatable bonds is 7. The molecule has 0 amide bonds. The summed E-state index contributed by atoms with van der Waals surface area (Å²) < 4.78 is 5.06. The minimum absolute atomic E-state index is 0.0319. The molecule has 4 aromatic rings. The first-order valence-electron chi connectivity index (χ1n) is 10.4. The van der Waals surface area contributed by atoms with Crippen LogP contribution in [0.4, 0.5) is 0 Å². The van der Waals surface area contributed by atoms with E-state index < -0.39 is 0 Å². The standard InChI is InChI=1S/C15H12O.C14H12O2S/c16-15(14-9-5-2-6-10-14)12-11-13-7-3-1-4-8-13;1-16-12-7-4-11(5-8-12)6-9-13(15)14-3-2-10-17-14/h1-12H;2-10H,1H3/b;9-6+. The van der Waals surface area contributed by atoms with Crippen LogP contribution in [0, 0.1) is 0 Å². The fourth-order valence-electron chi connectivity index (χ4n) is 2.82. The predicted octanol–water partition coefficient (Wildman–Crippen LogP) is 7.24. The Morgan fingerprint density at radius 1 is 0.667 bits per heavy atom. The summed E-state index contributed by atoms with van der Waals surface area (Å²) in [6, 6.07) is 30.3. The van der Waals surface area contributed by atoms with Crippen LogP contribution in [0.15, 0.2) is 115 Å². The highest BCUT2D eigenvalue weighted by Crippen LogP contribution is 2.14. The Morgan fingerprint density at radius 3 is 1.82 bits per heavy atom. The average molecular weight is 453 g/mol. The van der Waals surface area contributed by atoms with Crippen LogP contribution in [0.5, 0.6) is 5.75 Å². The van der Waals surface area contributed by atoms with E-state index in [0.29, 0.717) is 0 Å². The summed E-state index contributed by atoms with van der Waals surface area (Å²) in [7, 11) is 1.63. The predicted molar refractivity (Wildman–Crippen MR) is 137 cm³/mol. The van der Waals surface area contributed by atoms with E-state index in [1.807, 2.05) is 115 Å². The van der Waals surface area contributed by atoms with Gasteiger partial charge in [0.1, 0.15) is 5.75 Å². The lowest BCUT2D eigenvalue weighted by Crippen LogP contribution is -1.92. The quantitative estimate of drug-likeness (QED) is 0.219. The molecule has 3 nitrogen and oxygen atoms in total. The molecular weight excluding hydrogens is 428 g/mol. The number of carbonyl (C=O) groups is 2. The van der Waals surface area contributed by atoms with Crippen molar-refractivity contribution in [2.24, 2.45) is 0 Å². The molecular formula is C29H24O3S. The van der Waals surface area contributed by atoms with Crippen LogP contribution in [0.1, 0.15) is 31.2 Å². The van der Waals surface area contributed by atoms with Crippen molar-refractivity contribution >= 4 is 35.1 Å². The van der Waals surface area contributed by atoms with Crippen molar-refractivity contribution in [3.63, 3.8) is 0 Å². The van der Waals surface area contributed by atoms with Crippen LogP contribution in [0.25, 0.3) is 12.2 Å². The van der Waals surface area contributed by atoms with E-state index in [4.69, 9.17) is 4.74 Å². The number of hydrogen-bond acceptors (Lipinski definition) is 4. The van der Waals surface area contributed by atoms with Crippen molar-refractivity contribution in [2.75, 3.05) is 7.11 Å². The van der Waals surface area contributed by atoms with Crippen molar-refractivity contribution in [3.05, 3.63) is 136 Å². The molecule has 0 atom stereocenters. The topological polar surface area (TPSA) is 43.4 Å². The third kappa shape index (κ3) is 7.87. The van der Waals surface area contributed by atoms with Crippen LogP contribution in [0.2, 0.25) is 0 Å². The molecule has 0 bridgehead atoms. The maximum absolute atomic E-state index is 11.7. The fraction of sp³-hybridized carbons (Fsp3) is 0.0345. The van der Waals surface area contributed by atoms with Crippen LogP contribution < -0.4 is 4.74 Å². The van der Waals surface area contributed by atoms with Crippen molar-refractivity contribution in [2.45, 2.75) is 0 Å². The minimum atomic E-state index is 0.0319. The Kier molecular flexibility index (Phi) is 9.13. The Hall–Kier alpha value is -4.02. The molecule has 1 heterocycles. The van der Waals surface area contributed by atoms with Crippen molar-refractivity contribution < 1.29 is 14.3 Å². The van der Waals surface area contributed by atoms with Gasteiger partial charge in [0.2, 0.25) is 0 Å². The summed E-state index contributed by atoms with van der Waals surface area (Å²) in [6.07, 6.45) is 6.83. The van der Waals surface area contributed by atoms with E-state index >= 15 is 0 Å². The highest BCUT2D eigenvalue weighted by molar-refractivity contribution is 7.12. The maximum atomic E-state index is 11.7. The number of benzene rings is 3. The van der Waals surface area contributed by atoms with E-state index in [1.54, 1.807) is 19.3 Å². The first kappa shape index (κ1) is 23.6. The third-order valence-electron chi connectivity index (χ3n) is 4.59. The van der Waals surface area contributed by atoms with Gasteiger partial charge in [0.05, 0.1) is 12.0 Å². The molecule has 0 unspecified atom stereocenters. The summed E-state index contributed by atoms with van der Waals surface area (Å²) >= 11 is 1.45. The molecule has 33 heavy (non-hydrogen) atoms. The molecule has 4 rings (SSSR count). The minimum Gasteiger partial charge on any atom is -0.497 e. The van der Waals surface area contributed by atoms with Gasteiger partial charge in [0.25, 0.3) is 0 Å². The third-order valence-corrected chi connectivity index (χ3v) is 5.48. The van der Waals surface area contributed by atoms with Gasteiger partial charge in [0, 0.05) is 5.56 Å². The zero-order chi connectivity index (χ0) is 23.3. The van der Waals surface area contributed by atoms with Crippen molar-refractivity contribution in [1.82, 2.24) is 0 Å². The Labute approximate surface area is 198 Å². The number of hydrogen-bond donors (Lipinski definition) is 0. The van der Waals surface area contributed by atoms with Crippen LogP contribution in [-0.2, 0) is 0 Å². The zero-order valence-electron chi connectivity index (χ0n) is 18.3. The van der Waals surface area contributed by atoms with Gasteiger partial charge in [0.15, 0.2) is 11.6 Å². The van der Waals surface area contributed by atoms with Crippen molar-refractivity contribution in [3.8, 4) is 5.75 Å². The van der Waals surface area contributed by atoms with Gasteiger partial charge >= 0.3 is 0 Å². The summed E-state index contributed by atoms with van der Waals surface area (Å²) in [5, 5.41) is 1.90.